The van der Waals surface area contributed by atoms with E-state index in [4.69, 9.17) is 9.15 Å². The topological polar surface area (TPSA) is 102 Å². The Kier molecular flexibility index (Phi) is 7.35. The smallest absolute Gasteiger partial charge is 0.252 e. The zero-order valence-electron chi connectivity index (χ0n) is 21.1. The normalized spacial score (nSPS) is 13.0. The SMILES string of the molecule is CCOc1ccc2[nH]c(=O)c(CN(Cc3ccco3)C(CC)c3nnnn3C(C)(C)CC)cc2c1. The molecule has 4 aromatic rings. The van der Waals surface area contributed by atoms with Crippen molar-refractivity contribution < 1.29 is 9.15 Å². The van der Waals surface area contributed by atoms with E-state index in [0.29, 0.717) is 25.3 Å². The number of pyridine rings is 1. The average Bonchev–Trinajstić information content (AvgIpc) is 3.53. The van der Waals surface area contributed by atoms with Gasteiger partial charge < -0.3 is 14.1 Å². The summed E-state index contributed by atoms with van der Waals surface area (Å²) < 4.78 is 13.2. The number of nitrogens with one attached hydrogen (secondary N) is 1. The Morgan fingerprint density at radius 1 is 1.17 bits per heavy atom. The van der Waals surface area contributed by atoms with Crippen molar-refractivity contribution in [1.29, 1.82) is 0 Å². The van der Waals surface area contributed by atoms with Crippen LogP contribution in [0.25, 0.3) is 10.9 Å². The quantitative estimate of drug-likeness (QED) is 0.330. The first-order chi connectivity index (χ1) is 16.9. The van der Waals surface area contributed by atoms with Gasteiger partial charge in [0, 0.05) is 23.0 Å². The summed E-state index contributed by atoms with van der Waals surface area (Å²) in [6, 6.07) is 11.3. The molecule has 0 bridgehead atoms. The molecule has 9 heteroatoms. The van der Waals surface area contributed by atoms with Crippen molar-refractivity contribution in [3.63, 3.8) is 0 Å². The van der Waals surface area contributed by atoms with Crippen LogP contribution in [0, 0.1) is 0 Å². The molecule has 1 N–H and O–H groups in total. The molecule has 3 aromatic heterocycles. The molecule has 1 atom stereocenters. The van der Waals surface area contributed by atoms with Crippen LogP contribution in [0.5, 0.6) is 5.75 Å². The predicted octanol–water partition coefficient (Wildman–Crippen LogP) is 4.80. The van der Waals surface area contributed by atoms with E-state index in [1.807, 2.05) is 48.0 Å². The highest BCUT2D eigenvalue weighted by Crippen LogP contribution is 2.30. The molecular weight excluding hydrogens is 444 g/mol. The Balaban J connectivity index is 1.75. The summed E-state index contributed by atoms with van der Waals surface area (Å²) in [4.78, 5) is 18.3. The second-order valence-corrected chi connectivity index (χ2v) is 9.33. The number of aromatic nitrogens is 5. The van der Waals surface area contributed by atoms with Crippen molar-refractivity contribution in [1.82, 2.24) is 30.1 Å². The molecule has 0 aliphatic heterocycles. The number of tetrazole rings is 1. The van der Waals surface area contributed by atoms with Gasteiger partial charge in [0.2, 0.25) is 0 Å². The Labute approximate surface area is 205 Å². The van der Waals surface area contributed by atoms with E-state index in [-0.39, 0.29) is 17.1 Å². The highest BCUT2D eigenvalue weighted by Gasteiger charge is 2.31. The summed E-state index contributed by atoms with van der Waals surface area (Å²) in [5.74, 6) is 2.37. The van der Waals surface area contributed by atoms with E-state index in [1.54, 1.807) is 6.26 Å². The largest absolute Gasteiger partial charge is 0.494 e. The van der Waals surface area contributed by atoms with Crippen LogP contribution >= 0.6 is 0 Å². The molecular formula is C26H34N6O3. The molecule has 0 fully saturated rings. The fraction of sp³-hybridized carbons (Fsp3) is 0.462. The minimum Gasteiger partial charge on any atom is -0.494 e. The third-order valence-corrected chi connectivity index (χ3v) is 6.57. The number of hydrogen-bond donors (Lipinski definition) is 1. The molecule has 0 radical (unpaired) electrons. The highest BCUT2D eigenvalue weighted by molar-refractivity contribution is 5.80. The molecule has 0 amide bonds. The monoisotopic (exact) mass is 478 g/mol. The molecule has 0 aliphatic rings. The standard InChI is InChI=1S/C26H34N6O3/c1-6-23(24-28-29-30-32(24)26(4,5)7-2)31(17-21-10-9-13-35-21)16-19-14-18-15-20(34-8-3)11-12-22(18)27-25(19)33/h9-15,23H,6-8,16-17H2,1-5H3,(H,27,33). The van der Waals surface area contributed by atoms with Crippen LogP contribution in [-0.2, 0) is 18.6 Å². The molecule has 0 aliphatic carbocycles. The lowest BCUT2D eigenvalue weighted by molar-refractivity contribution is 0.140. The van der Waals surface area contributed by atoms with E-state index in [9.17, 15) is 4.79 Å². The number of rotatable bonds is 11. The molecule has 4 rings (SSSR count). The molecule has 35 heavy (non-hydrogen) atoms. The van der Waals surface area contributed by atoms with E-state index >= 15 is 0 Å². The maximum absolute atomic E-state index is 13.1. The maximum Gasteiger partial charge on any atom is 0.252 e. The van der Waals surface area contributed by atoms with E-state index in [0.717, 1.165) is 41.1 Å². The minimum absolute atomic E-state index is 0.116. The van der Waals surface area contributed by atoms with E-state index in [1.165, 1.54) is 0 Å². The number of benzene rings is 1. The Hall–Kier alpha value is -3.46. The van der Waals surface area contributed by atoms with Crippen LogP contribution in [0.15, 0.2) is 51.9 Å². The number of nitrogens with zero attached hydrogens (tertiary/aromatic N) is 5. The van der Waals surface area contributed by atoms with Gasteiger partial charge in [0.1, 0.15) is 11.5 Å². The van der Waals surface area contributed by atoms with Crippen LogP contribution < -0.4 is 10.3 Å². The van der Waals surface area contributed by atoms with Gasteiger partial charge in [-0.05, 0) is 80.4 Å². The number of H-pyrrole nitrogens is 1. The van der Waals surface area contributed by atoms with Crippen molar-refractivity contribution in [2.24, 2.45) is 0 Å². The number of hydrogen-bond acceptors (Lipinski definition) is 7. The summed E-state index contributed by atoms with van der Waals surface area (Å²) in [7, 11) is 0. The number of furan rings is 1. The molecule has 186 valence electrons. The molecule has 3 heterocycles. The van der Waals surface area contributed by atoms with Gasteiger partial charge in [0.05, 0.1) is 31.0 Å². The van der Waals surface area contributed by atoms with Gasteiger partial charge in [-0.15, -0.1) is 5.10 Å². The lowest BCUT2D eigenvalue weighted by Crippen LogP contribution is -2.36. The highest BCUT2D eigenvalue weighted by atomic mass is 16.5. The predicted molar refractivity (Wildman–Crippen MR) is 134 cm³/mol. The van der Waals surface area contributed by atoms with Gasteiger partial charge in [0.25, 0.3) is 5.56 Å². The first-order valence-corrected chi connectivity index (χ1v) is 12.2. The van der Waals surface area contributed by atoms with Gasteiger partial charge in [-0.25, -0.2) is 4.68 Å². The molecule has 0 spiro atoms. The maximum atomic E-state index is 13.1. The van der Waals surface area contributed by atoms with Crippen molar-refractivity contribution in [3.8, 4) is 5.75 Å². The number of ether oxygens (including phenoxy) is 1. The zero-order valence-corrected chi connectivity index (χ0v) is 21.1. The van der Waals surface area contributed by atoms with Crippen molar-refractivity contribution in [2.75, 3.05) is 6.61 Å². The van der Waals surface area contributed by atoms with Crippen molar-refractivity contribution in [2.45, 2.75) is 72.1 Å². The van der Waals surface area contributed by atoms with Crippen LogP contribution in [-0.4, -0.2) is 36.7 Å². The van der Waals surface area contributed by atoms with Crippen LogP contribution in [0.3, 0.4) is 0 Å². The Morgan fingerprint density at radius 2 is 2.00 bits per heavy atom. The number of fused-ring (bicyclic) bond motifs is 1. The van der Waals surface area contributed by atoms with Gasteiger partial charge in [-0.3, -0.25) is 9.69 Å². The molecule has 9 nitrogen and oxygen atoms in total. The van der Waals surface area contributed by atoms with Crippen LogP contribution in [0.4, 0.5) is 0 Å². The Morgan fingerprint density at radius 3 is 2.69 bits per heavy atom. The summed E-state index contributed by atoms with van der Waals surface area (Å²) in [5, 5.41) is 13.7. The van der Waals surface area contributed by atoms with Gasteiger partial charge in [-0.2, -0.15) is 0 Å². The lowest BCUT2D eigenvalue weighted by Gasteiger charge is -2.32. The second-order valence-electron chi connectivity index (χ2n) is 9.33. The zero-order chi connectivity index (χ0) is 25.0. The molecule has 1 aromatic carbocycles. The third kappa shape index (κ3) is 5.30. The van der Waals surface area contributed by atoms with Gasteiger partial charge in [-0.1, -0.05) is 13.8 Å². The van der Waals surface area contributed by atoms with Crippen molar-refractivity contribution in [3.05, 3.63) is 70.2 Å². The molecule has 0 saturated heterocycles. The summed E-state index contributed by atoms with van der Waals surface area (Å²) in [5.41, 5.74) is 1.08. The van der Waals surface area contributed by atoms with Gasteiger partial charge in [0.15, 0.2) is 5.82 Å². The lowest BCUT2D eigenvalue weighted by atomic mass is 10.0. The number of aromatic amines is 1. The van der Waals surface area contributed by atoms with Crippen molar-refractivity contribution >= 4 is 10.9 Å². The Bertz CT molecular complexity index is 1310. The first-order valence-electron chi connectivity index (χ1n) is 12.2. The van der Waals surface area contributed by atoms with E-state index in [2.05, 4.69) is 53.1 Å². The van der Waals surface area contributed by atoms with Crippen LogP contribution in [0.1, 0.15) is 70.7 Å². The minimum atomic E-state index is -0.237. The second kappa shape index (κ2) is 10.4. The average molecular weight is 479 g/mol. The third-order valence-electron chi connectivity index (χ3n) is 6.57. The van der Waals surface area contributed by atoms with Gasteiger partial charge >= 0.3 is 0 Å². The summed E-state index contributed by atoms with van der Waals surface area (Å²) in [6.07, 6.45) is 3.31. The van der Waals surface area contributed by atoms with Crippen LogP contribution in [0.2, 0.25) is 0 Å². The summed E-state index contributed by atoms with van der Waals surface area (Å²) >= 11 is 0. The first kappa shape index (κ1) is 24.7. The fourth-order valence-electron chi connectivity index (χ4n) is 4.29. The van der Waals surface area contributed by atoms with E-state index < -0.39 is 0 Å². The molecule has 1 unspecified atom stereocenters. The molecule has 0 saturated carbocycles. The fourth-order valence-corrected chi connectivity index (χ4v) is 4.29. The summed E-state index contributed by atoms with van der Waals surface area (Å²) in [6.45, 7) is 11.9.